The van der Waals surface area contributed by atoms with Crippen molar-refractivity contribution in [3.05, 3.63) is 59.7 Å². The van der Waals surface area contributed by atoms with Gasteiger partial charge in [0.05, 0.1) is 29.6 Å². The number of pyridine rings is 2. The first-order valence-corrected chi connectivity index (χ1v) is 9.71. The van der Waals surface area contributed by atoms with Crippen molar-refractivity contribution in [2.24, 2.45) is 5.92 Å². The monoisotopic (exact) mass is 383 g/mol. The molecule has 2 aromatic heterocycles. The molecule has 0 radical (unpaired) electrons. The lowest BCUT2D eigenvalue weighted by Crippen LogP contribution is -2.51. The summed E-state index contributed by atoms with van der Waals surface area (Å²) in [5.74, 6) is -0.193. The summed E-state index contributed by atoms with van der Waals surface area (Å²) >= 11 is 0. The zero-order valence-electron chi connectivity index (χ0n) is 17.2. The van der Waals surface area contributed by atoms with Gasteiger partial charge in [0, 0.05) is 18.3 Å². The molecule has 1 amide bonds. The van der Waals surface area contributed by atoms with Crippen LogP contribution in [-0.2, 0) is 4.74 Å². The van der Waals surface area contributed by atoms with Crippen LogP contribution in [0.3, 0.4) is 0 Å². The van der Waals surface area contributed by atoms with E-state index in [2.05, 4.69) is 9.97 Å². The molecular formula is C22H29N3O3. The van der Waals surface area contributed by atoms with Crippen LogP contribution < -0.4 is 0 Å². The smallest absolute Gasteiger partial charge is 0.411 e. The van der Waals surface area contributed by atoms with E-state index in [0.717, 1.165) is 17.0 Å². The Kier molecular flexibility index (Phi) is 5.70. The minimum Gasteiger partial charge on any atom is -0.444 e. The molecule has 1 aliphatic rings. The second-order valence-corrected chi connectivity index (χ2v) is 8.47. The average molecular weight is 383 g/mol. The van der Waals surface area contributed by atoms with Gasteiger partial charge >= 0.3 is 6.09 Å². The molecule has 3 heterocycles. The summed E-state index contributed by atoms with van der Waals surface area (Å²) in [6.45, 7) is 9.48. The van der Waals surface area contributed by atoms with Gasteiger partial charge in [0.25, 0.3) is 0 Å². The van der Waals surface area contributed by atoms with Gasteiger partial charge in [0.1, 0.15) is 5.60 Å². The molecule has 6 heteroatoms. The van der Waals surface area contributed by atoms with Gasteiger partial charge in [-0.3, -0.25) is 14.9 Å². The predicted octanol–water partition coefficient (Wildman–Crippen LogP) is 4.21. The number of carbonyl (C=O) groups excluding carboxylic acids is 1. The van der Waals surface area contributed by atoms with Gasteiger partial charge in [-0.05, 0) is 57.9 Å². The number of aryl methyl sites for hydroxylation is 1. The first kappa shape index (κ1) is 20.3. The van der Waals surface area contributed by atoms with E-state index in [-0.39, 0.29) is 5.92 Å². The van der Waals surface area contributed by atoms with Crippen LogP contribution in [-0.4, -0.2) is 37.8 Å². The summed E-state index contributed by atoms with van der Waals surface area (Å²) in [4.78, 5) is 24.1. The van der Waals surface area contributed by atoms with Crippen molar-refractivity contribution >= 4 is 6.09 Å². The molecule has 6 nitrogen and oxygen atoms in total. The van der Waals surface area contributed by atoms with Crippen LogP contribution in [0.4, 0.5) is 4.79 Å². The first-order valence-electron chi connectivity index (χ1n) is 9.71. The van der Waals surface area contributed by atoms with E-state index < -0.39 is 29.9 Å². The summed E-state index contributed by atoms with van der Waals surface area (Å²) < 4.78 is 5.75. The number of aromatic nitrogens is 2. The van der Waals surface area contributed by atoms with Crippen LogP contribution in [0.25, 0.3) is 0 Å². The van der Waals surface area contributed by atoms with Gasteiger partial charge in [0.2, 0.25) is 0 Å². The molecule has 3 rings (SSSR count). The lowest BCUT2D eigenvalue weighted by Gasteiger charge is -2.47. The van der Waals surface area contributed by atoms with Crippen LogP contribution in [0.1, 0.15) is 63.2 Å². The standard InChI is InChI=1S/C22H29N3O3/c1-14-9-8-12-24-19(14)20-15(2)18(26)13-17(16-10-6-7-11-23-16)25(20)21(27)28-22(3,4)5/h6-12,15,17-18,20,26H,13H2,1-5H3/t15?,17-,18-,20+/m1/s1. The lowest BCUT2D eigenvalue weighted by atomic mass is 9.80. The minimum absolute atomic E-state index is 0.193. The van der Waals surface area contributed by atoms with E-state index in [9.17, 15) is 9.90 Å². The second-order valence-electron chi connectivity index (χ2n) is 8.47. The third kappa shape index (κ3) is 4.17. The molecule has 0 aromatic carbocycles. The highest BCUT2D eigenvalue weighted by atomic mass is 16.6. The number of hydrogen-bond acceptors (Lipinski definition) is 5. The molecule has 1 saturated heterocycles. The summed E-state index contributed by atoms with van der Waals surface area (Å²) in [6, 6.07) is 8.65. The lowest BCUT2D eigenvalue weighted by molar-refractivity contribution is -0.0602. The SMILES string of the molecule is Cc1cccnc1[C@@H]1C(C)[C@H](O)C[C@H](c2ccccn2)N1C(=O)OC(C)(C)C. The maximum Gasteiger partial charge on any atom is 0.411 e. The molecule has 150 valence electrons. The highest BCUT2D eigenvalue weighted by Crippen LogP contribution is 2.45. The largest absolute Gasteiger partial charge is 0.444 e. The number of ether oxygens (including phenoxy) is 1. The van der Waals surface area contributed by atoms with Crippen molar-refractivity contribution in [1.29, 1.82) is 0 Å². The highest BCUT2D eigenvalue weighted by Gasteiger charge is 2.47. The Hall–Kier alpha value is -2.47. The Bertz CT molecular complexity index is 819. The van der Waals surface area contributed by atoms with Crippen LogP contribution >= 0.6 is 0 Å². The number of likely N-dealkylation sites (tertiary alicyclic amines) is 1. The molecule has 0 bridgehead atoms. The van der Waals surface area contributed by atoms with E-state index in [4.69, 9.17) is 4.74 Å². The van der Waals surface area contributed by atoms with Crippen molar-refractivity contribution in [2.45, 2.75) is 64.8 Å². The summed E-state index contributed by atoms with van der Waals surface area (Å²) in [5.41, 5.74) is 1.86. The molecule has 1 aliphatic heterocycles. The molecule has 0 spiro atoms. The Labute approximate surface area is 166 Å². The Morgan fingerprint density at radius 1 is 1.18 bits per heavy atom. The van der Waals surface area contributed by atoms with Gasteiger partial charge in [-0.25, -0.2) is 4.79 Å². The van der Waals surface area contributed by atoms with E-state index in [0.29, 0.717) is 6.42 Å². The molecule has 0 aliphatic carbocycles. The summed E-state index contributed by atoms with van der Waals surface area (Å²) in [5, 5.41) is 10.8. The first-order chi connectivity index (χ1) is 13.2. The van der Waals surface area contributed by atoms with E-state index in [1.54, 1.807) is 17.3 Å². The highest BCUT2D eigenvalue weighted by molar-refractivity contribution is 5.70. The van der Waals surface area contributed by atoms with E-state index >= 15 is 0 Å². The molecule has 1 fully saturated rings. The number of amides is 1. The zero-order chi connectivity index (χ0) is 20.5. The molecular weight excluding hydrogens is 354 g/mol. The Morgan fingerprint density at radius 2 is 1.89 bits per heavy atom. The molecule has 2 aromatic rings. The number of aliphatic hydroxyl groups excluding tert-OH is 1. The number of rotatable bonds is 2. The van der Waals surface area contributed by atoms with Crippen molar-refractivity contribution in [2.75, 3.05) is 0 Å². The number of hydrogen-bond donors (Lipinski definition) is 1. The predicted molar refractivity (Wildman–Crippen MR) is 107 cm³/mol. The fourth-order valence-corrected chi connectivity index (χ4v) is 3.79. The molecule has 28 heavy (non-hydrogen) atoms. The Balaban J connectivity index is 2.12. The average Bonchev–Trinajstić information content (AvgIpc) is 2.63. The zero-order valence-corrected chi connectivity index (χ0v) is 17.2. The second kappa shape index (κ2) is 7.87. The van der Waals surface area contributed by atoms with Gasteiger partial charge < -0.3 is 9.84 Å². The minimum atomic E-state index is -0.630. The van der Waals surface area contributed by atoms with Gasteiger partial charge in [-0.15, -0.1) is 0 Å². The van der Waals surface area contributed by atoms with Gasteiger partial charge in [-0.1, -0.05) is 19.1 Å². The molecule has 1 N–H and O–H groups in total. The van der Waals surface area contributed by atoms with Gasteiger partial charge in [0.15, 0.2) is 0 Å². The van der Waals surface area contributed by atoms with Crippen molar-refractivity contribution in [3.63, 3.8) is 0 Å². The maximum absolute atomic E-state index is 13.3. The number of piperidine rings is 1. The van der Waals surface area contributed by atoms with Crippen LogP contribution in [0.15, 0.2) is 42.7 Å². The quantitative estimate of drug-likeness (QED) is 0.841. The topological polar surface area (TPSA) is 75.6 Å². The summed E-state index contributed by atoms with van der Waals surface area (Å²) in [6.07, 6.45) is 2.82. The number of aliphatic hydroxyl groups is 1. The fourth-order valence-electron chi connectivity index (χ4n) is 3.79. The normalized spacial score (nSPS) is 25.4. The Morgan fingerprint density at radius 3 is 2.50 bits per heavy atom. The van der Waals surface area contributed by atoms with E-state index in [1.165, 1.54) is 0 Å². The molecule has 0 saturated carbocycles. The third-order valence-electron chi connectivity index (χ3n) is 5.17. The maximum atomic E-state index is 13.3. The van der Waals surface area contributed by atoms with Crippen molar-refractivity contribution < 1.29 is 14.6 Å². The summed E-state index contributed by atoms with van der Waals surface area (Å²) in [7, 11) is 0. The van der Waals surface area contributed by atoms with Crippen molar-refractivity contribution in [3.8, 4) is 0 Å². The molecule has 1 unspecified atom stereocenters. The van der Waals surface area contributed by atoms with E-state index in [1.807, 2.05) is 65.0 Å². The van der Waals surface area contributed by atoms with Crippen LogP contribution in [0, 0.1) is 12.8 Å². The number of carbonyl (C=O) groups is 1. The van der Waals surface area contributed by atoms with Gasteiger partial charge in [-0.2, -0.15) is 0 Å². The third-order valence-corrected chi connectivity index (χ3v) is 5.17. The van der Waals surface area contributed by atoms with Crippen LogP contribution in [0.2, 0.25) is 0 Å². The van der Waals surface area contributed by atoms with Crippen molar-refractivity contribution in [1.82, 2.24) is 14.9 Å². The van der Waals surface area contributed by atoms with Crippen LogP contribution in [0.5, 0.6) is 0 Å². The molecule has 4 atom stereocenters. The fraction of sp³-hybridized carbons (Fsp3) is 0.500. The number of nitrogens with zero attached hydrogens (tertiary/aromatic N) is 3.